The summed E-state index contributed by atoms with van der Waals surface area (Å²) in [5.74, 6) is -1.37. The van der Waals surface area contributed by atoms with Crippen LogP contribution in [-0.4, -0.2) is 42.7 Å². The third kappa shape index (κ3) is 4.36. The van der Waals surface area contributed by atoms with Gasteiger partial charge in [0.15, 0.2) is 5.76 Å². The summed E-state index contributed by atoms with van der Waals surface area (Å²) in [5, 5.41) is 6.11. The van der Waals surface area contributed by atoms with Gasteiger partial charge in [-0.05, 0) is 25.1 Å². The number of carbonyl (C=O) groups excluding carboxylic acids is 3. The molecule has 180 valence electrons. The maximum Gasteiger partial charge on any atom is 0.287 e. The zero-order valence-corrected chi connectivity index (χ0v) is 19.8. The van der Waals surface area contributed by atoms with Gasteiger partial charge < -0.3 is 20.0 Å². The normalized spacial score (nSPS) is 16.1. The molecule has 0 bridgehead atoms. The van der Waals surface area contributed by atoms with Crippen LogP contribution in [0.2, 0.25) is 0 Å². The van der Waals surface area contributed by atoms with Crippen molar-refractivity contribution < 1.29 is 18.8 Å². The summed E-state index contributed by atoms with van der Waals surface area (Å²) in [7, 11) is 1.65. The fourth-order valence-electron chi connectivity index (χ4n) is 4.13. The van der Waals surface area contributed by atoms with Gasteiger partial charge in [-0.15, -0.1) is 0 Å². The lowest BCUT2D eigenvalue weighted by Crippen LogP contribution is -2.52. The molecule has 0 unspecified atom stereocenters. The van der Waals surface area contributed by atoms with Crippen LogP contribution in [0.15, 0.2) is 94.3 Å². The summed E-state index contributed by atoms with van der Waals surface area (Å²) in [4.78, 5) is 45.2. The van der Waals surface area contributed by atoms with E-state index < -0.39 is 29.9 Å². The number of hydrogen-bond acceptors (Lipinski definition) is 5. The lowest BCUT2D eigenvalue weighted by atomic mass is 10.0. The maximum atomic E-state index is 13.3. The second-order valence-electron chi connectivity index (χ2n) is 8.51. The predicted octanol–water partition coefficient (Wildman–Crippen LogP) is 3.51. The number of anilines is 1. The first-order valence-corrected chi connectivity index (χ1v) is 11.5. The maximum absolute atomic E-state index is 13.3. The molecule has 4 aromatic rings. The van der Waals surface area contributed by atoms with Crippen molar-refractivity contribution in [3.63, 3.8) is 0 Å². The predicted molar refractivity (Wildman–Crippen MR) is 137 cm³/mol. The molecule has 0 fully saturated rings. The van der Waals surface area contributed by atoms with Crippen molar-refractivity contribution in [3.05, 3.63) is 102 Å². The lowest BCUT2D eigenvalue weighted by Gasteiger charge is -2.22. The number of fused-ring (bicyclic) bond motifs is 2. The second kappa shape index (κ2) is 9.50. The van der Waals surface area contributed by atoms with Gasteiger partial charge in [0.25, 0.3) is 11.8 Å². The molecule has 5 rings (SSSR count). The molecule has 0 spiro atoms. The number of benzodiazepines with no additional fused rings is 1. The van der Waals surface area contributed by atoms with Crippen molar-refractivity contribution >= 4 is 40.1 Å². The van der Waals surface area contributed by atoms with E-state index >= 15 is 0 Å². The largest absolute Gasteiger partial charge is 0.451 e. The molecule has 2 atom stereocenters. The van der Waals surface area contributed by atoms with Crippen molar-refractivity contribution in [2.75, 3.05) is 11.9 Å². The summed E-state index contributed by atoms with van der Waals surface area (Å²) in [6, 6.07) is 24.9. The minimum atomic E-state index is -1.17. The van der Waals surface area contributed by atoms with Gasteiger partial charge in [-0.2, -0.15) is 0 Å². The van der Waals surface area contributed by atoms with Gasteiger partial charge in [0.1, 0.15) is 11.6 Å². The van der Waals surface area contributed by atoms with Crippen LogP contribution in [-0.2, 0) is 9.59 Å². The van der Waals surface area contributed by atoms with Crippen LogP contribution in [0.5, 0.6) is 0 Å². The first kappa shape index (κ1) is 23.0. The van der Waals surface area contributed by atoms with Crippen LogP contribution in [0.1, 0.15) is 28.6 Å². The molecule has 0 saturated carbocycles. The van der Waals surface area contributed by atoms with E-state index in [2.05, 4.69) is 15.6 Å². The van der Waals surface area contributed by atoms with E-state index in [1.54, 1.807) is 19.2 Å². The monoisotopic (exact) mass is 480 g/mol. The fourth-order valence-corrected chi connectivity index (χ4v) is 4.13. The van der Waals surface area contributed by atoms with Crippen molar-refractivity contribution in [2.45, 2.75) is 19.1 Å². The highest BCUT2D eigenvalue weighted by atomic mass is 16.3. The quantitative estimate of drug-likeness (QED) is 0.456. The summed E-state index contributed by atoms with van der Waals surface area (Å²) >= 11 is 0. The molecule has 8 nitrogen and oxygen atoms in total. The smallest absolute Gasteiger partial charge is 0.287 e. The Labute approximate surface area is 207 Å². The summed E-state index contributed by atoms with van der Waals surface area (Å²) < 4.78 is 5.58. The number of aliphatic imine (C=N–C) groups is 1. The van der Waals surface area contributed by atoms with Gasteiger partial charge in [-0.25, -0.2) is 4.99 Å². The van der Waals surface area contributed by atoms with Crippen LogP contribution in [0, 0.1) is 0 Å². The van der Waals surface area contributed by atoms with Gasteiger partial charge in [-0.1, -0.05) is 66.7 Å². The van der Waals surface area contributed by atoms with E-state index in [4.69, 9.17) is 4.42 Å². The van der Waals surface area contributed by atoms with Gasteiger partial charge in [0, 0.05) is 23.6 Å². The minimum absolute atomic E-state index is 0.0981. The number of nitrogens with one attached hydrogen (secondary N) is 2. The molecule has 1 aromatic heterocycles. The summed E-state index contributed by atoms with van der Waals surface area (Å²) in [6.07, 6.45) is -1.17. The third-order valence-corrected chi connectivity index (χ3v) is 6.06. The zero-order chi connectivity index (χ0) is 25.2. The first-order valence-electron chi connectivity index (χ1n) is 11.5. The Morgan fingerprint density at radius 1 is 0.972 bits per heavy atom. The molecule has 8 heteroatoms. The SMILES string of the molecule is C[C@H](NC(=O)c1cc2ccccc2o1)C(=O)N[C@H]1N=C(c2ccccc2)c2ccccc2N(C)C1=O. The first-order chi connectivity index (χ1) is 17.4. The molecule has 3 aromatic carbocycles. The van der Waals surface area contributed by atoms with Gasteiger partial charge in [0.05, 0.1) is 11.4 Å². The zero-order valence-electron chi connectivity index (χ0n) is 19.8. The number of nitrogens with zero attached hydrogens (tertiary/aromatic N) is 2. The number of furan rings is 1. The number of rotatable bonds is 5. The van der Waals surface area contributed by atoms with E-state index in [1.807, 2.05) is 72.8 Å². The number of benzene rings is 3. The van der Waals surface area contributed by atoms with E-state index in [0.717, 1.165) is 16.5 Å². The molecule has 0 saturated heterocycles. The molecule has 0 aliphatic carbocycles. The Hall–Kier alpha value is -4.72. The van der Waals surface area contributed by atoms with Gasteiger partial charge in [-0.3, -0.25) is 14.4 Å². The number of amides is 3. The Morgan fingerprint density at radius 2 is 1.67 bits per heavy atom. The molecule has 3 amide bonds. The standard InChI is InChI=1S/C28H24N4O4/c1-17(29-27(34)23-16-19-12-6-9-15-22(19)36-23)26(33)31-25-28(35)32(2)21-14-8-7-13-20(21)24(30-25)18-10-4-3-5-11-18/h3-17,25H,1-2H3,(H,29,34)(H,31,33)/t17-,25+/m0/s1. The average Bonchev–Trinajstić information content (AvgIpc) is 3.31. The number of likely N-dealkylation sites (N-methyl/N-ethyl adjacent to an activating group) is 1. The van der Waals surface area contributed by atoms with Gasteiger partial charge in [0.2, 0.25) is 12.1 Å². The number of carbonyl (C=O) groups is 3. The van der Waals surface area contributed by atoms with Crippen LogP contribution in [0.3, 0.4) is 0 Å². The molecule has 2 heterocycles. The molecule has 36 heavy (non-hydrogen) atoms. The number of para-hydroxylation sites is 2. The molecule has 2 N–H and O–H groups in total. The fraction of sp³-hybridized carbons (Fsp3) is 0.143. The van der Waals surface area contributed by atoms with Gasteiger partial charge >= 0.3 is 0 Å². The van der Waals surface area contributed by atoms with E-state index in [9.17, 15) is 14.4 Å². The van der Waals surface area contributed by atoms with E-state index in [0.29, 0.717) is 17.0 Å². The Bertz CT molecular complexity index is 1460. The molecular weight excluding hydrogens is 456 g/mol. The minimum Gasteiger partial charge on any atom is -0.451 e. The van der Waals surface area contributed by atoms with Crippen molar-refractivity contribution in [1.82, 2.24) is 10.6 Å². The molecular formula is C28H24N4O4. The topological polar surface area (TPSA) is 104 Å². The van der Waals surface area contributed by atoms with Crippen molar-refractivity contribution in [3.8, 4) is 0 Å². The van der Waals surface area contributed by atoms with E-state index in [-0.39, 0.29) is 5.76 Å². The Kier molecular flexibility index (Phi) is 6.08. The third-order valence-electron chi connectivity index (χ3n) is 6.06. The highest BCUT2D eigenvalue weighted by Gasteiger charge is 2.32. The second-order valence-corrected chi connectivity index (χ2v) is 8.51. The Morgan fingerprint density at radius 3 is 2.44 bits per heavy atom. The average molecular weight is 481 g/mol. The van der Waals surface area contributed by atoms with Crippen LogP contribution < -0.4 is 15.5 Å². The van der Waals surface area contributed by atoms with Crippen LogP contribution in [0.25, 0.3) is 11.0 Å². The highest BCUT2D eigenvalue weighted by Crippen LogP contribution is 2.27. The van der Waals surface area contributed by atoms with Crippen LogP contribution >= 0.6 is 0 Å². The summed E-state index contributed by atoms with van der Waals surface area (Å²) in [5.41, 5.74) is 3.46. The van der Waals surface area contributed by atoms with Crippen molar-refractivity contribution in [1.29, 1.82) is 0 Å². The molecule has 1 aliphatic rings. The van der Waals surface area contributed by atoms with Crippen LogP contribution in [0.4, 0.5) is 5.69 Å². The Balaban J connectivity index is 1.38. The molecule has 1 aliphatic heterocycles. The number of hydrogen-bond donors (Lipinski definition) is 2. The molecule has 0 radical (unpaired) electrons. The van der Waals surface area contributed by atoms with Crippen molar-refractivity contribution in [2.24, 2.45) is 4.99 Å². The highest BCUT2D eigenvalue weighted by molar-refractivity contribution is 6.20. The summed E-state index contributed by atoms with van der Waals surface area (Å²) in [6.45, 7) is 1.54. The lowest BCUT2D eigenvalue weighted by molar-refractivity contribution is -0.128. The van der Waals surface area contributed by atoms with E-state index in [1.165, 1.54) is 11.8 Å².